The van der Waals surface area contributed by atoms with Crippen molar-refractivity contribution in [3.05, 3.63) is 58.8 Å². The van der Waals surface area contributed by atoms with Gasteiger partial charge in [0.25, 0.3) is 0 Å². The normalized spacial score (nSPS) is 11.4. The molecule has 0 aliphatic heterocycles. The molecule has 0 aliphatic carbocycles. The molecule has 0 spiro atoms. The molecule has 0 atom stereocenters. The predicted octanol–water partition coefficient (Wildman–Crippen LogP) is 4.12. The molecule has 134 valence electrons. The maximum absolute atomic E-state index is 4.32. The Morgan fingerprint density at radius 2 is 1.88 bits per heavy atom. The number of hydrogen-bond acceptors (Lipinski definition) is 3. The number of benzene rings is 1. The van der Waals surface area contributed by atoms with Gasteiger partial charge in [0, 0.05) is 47.8 Å². The number of unbranched alkanes of at least 4 members (excludes halogenated alkanes) is 1. The minimum absolute atomic E-state index is 0.828. The van der Waals surface area contributed by atoms with E-state index in [1.165, 1.54) is 15.8 Å². The summed E-state index contributed by atoms with van der Waals surface area (Å²) in [6.07, 6.45) is 5.01. The van der Waals surface area contributed by atoms with Crippen LogP contribution in [0.2, 0.25) is 0 Å². The number of thioether (sulfide) groups is 1. The van der Waals surface area contributed by atoms with Gasteiger partial charge in [0.2, 0.25) is 0 Å². The molecule has 2 aromatic rings. The maximum atomic E-state index is 4.32. The smallest absolute Gasteiger partial charge is 0.190 e. The van der Waals surface area contributed by atoms with Gasteiger partial charge in [-0.3, -0.25) is 9.98 Å². The second-order valence-corrected chi connectivity index (χ2v) is 7.47. The second-order valence-electron chi connectivity index (χ2n) is 5.48. The Hall–Kier alpha value is -1.53. The number of hydrogen-bond donors (Lipinski definition) is 2. The predicted molar refractivity (Wildman–Crippen MR) is 111 cm³/mol. The fourth-order valence-corrected chi connectivity index (χ4v) is 3.83. The van der Waals surface area contributed by atoms with Crippen LogP contribution < -0.4 is 10.6 Å². The second kappa shape index (κ2) is 11.9. The van der Waals surface area contributed by atoms with E-state index in [9.17, 15) is 0 Å². The summed E-state index contributed by atoms with van der Waals surface area (Å²) in [6, 6.07) is 14.4. The van der Waals surface area contributed by atoms with Crippen molar-refractivity contribution in [2.24, 2.45) is 4.99 Å². The summed E-state index contributed by atoms with van der Waals surface area (Å²) in [7, 11) is 1.80. The summed E-state index contributed by atoms with van der Waals surface area (Å²) in [4.78, 5) is 9.89. The Kier molecular flexibility index (Phi) is 9.44. The zero-order valence-electron chi connectivity index (χ0n) is 14.5. The first-order chi connectivity index (χ1) is 12.3. The molecule has 4 nitrogen and oxygen atoms in total. The number of rotatable bonds is 9. The molecule has 0 fully saturated rings. The quantitative estimate of drug-likeness (QED) is 0.277. The molecule has 0 saturated carbocycles. The van der Waals surface area contributed by atoms with Gasteiger partial charge in [-0.05, 0) is 58.8 Å². The molecule has 0 radical (unpaired) electrons. The van der Waals surface area contributed by atoms with E-state index in [-0.39, 0.29) is 0 Å². The lowest BCUT2D eigenvalue weighted by atomic mass is 10.3. The Morgan fingerprint density at radius 3 is 2.64 bits per heavy atom. The first-order valence-electron chi connectivity index (χ1n) is 8.51. The highest BCUT2D eigenvalue weighted by Crippen LogP contribution is 2.27. The lowest BCUT2D eigenvalue weighted by Gasteiger charge is -2.11. The summed E-state index contributed by atoms with van der Waals surface area (Å²) in [5.41, 5.74) is 1.09. The van der Waals surface area contributed by atoms with E-state index >= 15 is 0 Å². The SMILES string of the molecule is CN=C(NCCCCSc1ccccc1Br)NCCc1ccccn1. The van der Waals surface area contributed by atoms with E-state index in [1.54, 1.807) is 7.05 Å². The number of nitrogens with zero attached hydrogens (tertiary/aromatic N) is 2. The Morgan fingerprint density at radius 1 is 1.08 bits per heavy atom. The van der Waals surface area contributed by atoms with Gasteiger partial charge in [0.05, 0.1) is 0 Å². The topological polar surface area (TPSA) is 49.3 Å². The van der Waals surface area contributed by atoms with Crippen LogP contribution in [0.3, 0.4) is 0 Å². The van der Waals surface area contributed by atoms with E-state index in [0.29, 0.717) is 0 Å². The molecule has 2 rings (SSSR count). The zero-order valence-corrected chi connectivity index (χ0v) is 16.9. The molecule has 0 saturated heterocycles. The third-order valence-electron chi connectivity index (χ3n) is 3.58. The van der Waals surface area contributed by atoms with Crippen LogP contribution in [0, 0.1) is 0 Å². The van der Waals surface area contributed by atoms with Crippen molar-refractivity contribution in [2.45, 2.75) is 24.2 Å². The van der Waals surface area contributed by atoms with Crippen molar-refractivity contribution in [3.8, 4) is 0 Å². The minimum atomic E-state index is 0.828. The highest BCUT2D eigenvalue weighted by molar-refractivity contribution is 9.10. The van der Waals surface area contributed by atoms with E-state index in [4.69, 9.17) is 0 Å². The lowest BCUT2D eigenvalue weighted by molar-refractivity contribution is 0.728. The third kappa shape index (κ3) is 7.92. The maximum Gasteiger partial charge on any atom is 0.190 e. The number of aliphatic imine (C=N–C) groups is 1. The van der Waals surface area contributed by atoms with Crippen LogP contribution in [0.4, 0.5) is 0 Å². The fraction of sp³-hybridized carbons (Fsp3) is 0.368. The number of halogens is 1. The van der Waals surface area contributed by atoms with Crippen LogP contribution in [0.1, 0.15) is 18.5 Å². The van der Waals surface area contributed by atoms with Crippen molar-refractivity contribution in [1.29, 1.82) is 0 Å². The van der Waals surface area contributed by atoms with Crippen molar-refractivity contribution in [1.82, 2.24) is 15.6 Å². The van der Waals surface area contributed by atoms with Crippen LogP contribution in [-0.4, -0.2) is 36.8 Å². The van der Waals surface area contributed by atoms with Gasteiger partial charge in [-0.2, -0.15) is 0 Å². The summed E-state index contributed by atoms with van der Waals surface area (Å²) >= 11 is 5.48. The van der Waals surface area contributed by atoms with E-state index in [0.717, 1.165) is 43.3 Å². The fourth-order valence-electron chi connectivity index (χ4n) is 2.25. The standard InChI is InChI=1S/C19H25BrN4S/c1-21-19(24-14-11-16-8-4-5-12-22-16)23-13-6-7-15-25-18-10-3-2-9-17(18)20/h2-5,8-10,12H,6-7,11,13-15H2,1H3,(H2,21,23,24). The average molecular weight is 421 g/mol. The van der Waals surface area contributed by atoms with Crippen molar-refractivity contribution in [2.75, 3.05) is 25.9 Å². The molecular formula is C19H25BrN4S. The van der Waals surface area contributed by atoms with Gasteiger partial charge >= 0.3 is 0 Å². The van der Waals surface area contributed by atoms with Crippen LogP contribution in [-0.2, 0) is 6.42 Å². The molecule has 0 aliphatic rings. The molecule has 2 N–H and O–H groups in total. The van der Waals surface area contributed by atoms with Crippen molar-refractivity contribution < 1.29 is 0 Å². The molecule has 6 heteroatoms. The van der Waals surface area contributed by atoms with Crippen molar-refractivity contribution >= 4 is 33.7 Å². The van der Waals surface area contributed by atoms with E-state index < -0.39 is 0 Å². The first kappa shape index (κ1) is 19.8. The van der Waals surface area contributed by atoms with Gasteiger partial charge in [0.1, 0.15) is 0 Å². The highest BCUT2D eigenvalue weighted by Gasteiger charge is 2.00. The van der Waals surface area contributed by atoms with E-state index in [2.05, 4.69) is 54.7 Å². The third-order valence-corrected chi connectivity index (χ3v) is 5.69. The highest BCUT2D eigenvalue weighted by atomic mass is 79.9. The molecule has 25 heavy (non-hydrogen) atoms. The Balaban J connectivity index is 1.54. The van der Waals surface area contributed by atoms with Crippen LogP contribution in [0.25, 0.3) is 0 Å². The van der Waals surface area contributed by atoms with Crippen LogP contribution in [0.5, 0.6) is 0 Å². The lowest BCUT2D eigenvalue weighted by Crippen LogP contribution is -2.38. The van der Waals surface area contributed by atoms with Crippen LogP contribution >= 0.6 is 27.7 Å². The minimum Gasteiger partial charge on any atom is -0.356 e. The van der Waals surface area contributed by atoms with Gasteiger partial charge in [0.15, 0.2) is 5.96 Å². The molecule has 0 amide bonds. The number of nitrogens with one attached hydrogen (secondary N) is 2. The van der Waals surface area contributed by atoms with Crippen LogP contribution in [0.15, 0.2) is 63.0 Å². The number of aromatic nitrogens is 1. The van der Waals surface area contributed by atoms with E-state index in [1.807, 2.05) is 42.2 Å². The van der Waals surface area contributed by atoms with Gasteiger partial charge in [-0.25, -0.2) is 0 Å². The molecule has 0 bridgehead atoms. The molecule has 1 heterocycles. The summed E-state index contributed by atoms with van der Waals surface area (Å²) in [6.45, 7) is 1.76. The monoisotopic (exact) mass is 420 g/mol. The Labute approximate surface area is 163 Å². The van der Waals surface area contributed by atoms with Crippen molar-refractivity contribution in [3.63, 3.8) is 0 Å². The Bertz CT molecular complexity index is 649. The summed E-state index contributed by atoms with van der Waals surface area (Å²) < 4.78 is 1.18. The first-order valence-corrected chi connectivity index (χ1v) is 10.3. The molecular weight excluding hydrogens is 396 g/mol. The van der Waals surface area contributed by atoms with Gasteiger partial charge < -0.3 is 10.6 Å². The number of guanidine groups is 1. The molecule has 1 aromatic carbocycles. The summed E-state index contributed by atoms with van der Waals surface area (Å²) in [5.74, 6) is 1.98. The van der Waals surface area contributed by atoms with Gasteiger partial charge in [-0.1, -0.05) is 18.2 Å². The molecule has 1 aromatic heterocycles. The largest absolute Gasteiger partial charge is 0.356 e. The molecule has 0 unspecified atom stereocenters. The average Bonchev–Trinajstić information content (AvgIpc) is 2.65. The summed E-state index contributed by atoms with van der Waals surface area (Å²) in [5, 5.41) is 6.70. The van der Waals surface area contributed by atoms with Gasteiger partial charge in [-0.15, -0.1) is 11.8 Å². The zero-order chi connectivity index (χ0) is 17.7. The number of pyridine rings is 1.